The summed E-state index contributed by atoms with van der Waals surface area (Å²) >= 11 is 0. The number of nitrogens with zero attached hydrogens (tertiary/aromatic N) is 1. The standard InChI is InChI=1S/C22H30NO/c1-6-21(24)22(18(2)17-23(3,4)5,19-13-9-7-10-14-19)20-15-11-8-12-16-20/h7-16,18H,6,17H2,1-5H3/q+1. The summed E-state index contributed by atoms with van der Waals surface area (Å²) in [6.45, 7) is 5.12. The van der Waals surface area contributed by atoms with Gasteiger partial charge in [0.15, 0.2) is 0 Å². The van der Waals surface area contributed by atoms with Gasteiger partial charge in [-0.05, 0) is 11.1 Å². The third-order valence-electron chi connectivity index (χ3n) is 4.78. The minimum absolute atomic E-state index is 0.190. The molecule has 2 aromatic rings. The Balaban J connectivity index is 2.72. The maximum atomic E-state index is 13.4. The normalized spacial score (nSPS) is 13.5. The maximum absolute atomic E-state index is 13.4. The average Bonchev–Trinajstić information content (AvgIpc) is 2.55. The number of hydrogen-bond acceptors (Lipinski definition) is 1. The second-order valence-corrected chi connectivity index (χ2v) is 7.69. The fourth-order valence-corrected chi connectivity index (χ4v) is 3.97. The van der Waals surface area contributed by atoms with E-state index in [0.29, 0.717) is 12.2 Å². The monoisotopic (exact) mass is 324 g/mol. The van der Waals surface area contributed by atoms with Crippen LogP contribution in [0.15, 0.2) is 60.7 Å². The summed E-state index contributed by atoms with van der Waals surface area (Å²) < 4.78 is 0.833. The van der Waals surface area contributed by atoms with Crippen molar-refractivity contribution in [3.05, 3.63) is 71.8 Å². The maximum Gasteiger partial charge on any atom is 0.148 e. The van der Waals surface area contributed by atoms with Crippen LogP contribution < -0.4 is 0 Å². The summed E-state index contributed by atoms with van der Waals surface area (Å²) in [6, 6.07) is 20.6. The summed E-state index contributed by atoms with van der Waals surface area (Å²) in [4.78, 5) is 13.4. The van der Waals surface area contributed by atoms with Crippen molar-refractivity contribution in [2.75, 3.05) is 27.7 Å². The highest BCUT2D eigenvalue weighted by atomic mass is 16.1. The molecule has 0 aromatic heterocycles. The first kappa shape index (κ1) is 18.4. The van der Waals surface area contributed by atoms with Crippen LogP contribution in [0.25, 0.3) is 0 Å². The first-order valence-corrected chi connectivity index (χ1v) is 8.77. The smallest absolute Gasteiger partial charge is 0.148 e. The van der Waals surface area contributed by atoms with Crippen molar-refractivity contribution in [2.45, 2.75) is 25.7 Å². The van der Waals surface area contributed by atoms with Crippen molar-refractivity contribution in [3.63, 3.8) is 0 Å². The molecule has 2 rings (SSSR count). The molecule has 0 bridgehead atoms. The summed E-state index contributed by atoms with van der Waals surface area (Å²) in [6.07, 6.45) is 0.533. The first-order valence-electron chi connectivity index (χ1n) is 8.77. The number of Topliss-reactive ketones (excluding diaryl/α,β-unsaturated/α-hetero) is 1. The highest BCUT2D eigenvalue weighted by Crippen LogP contribution is 2.41. The van der Waals surface area contributed by atoms with Crippen molar-refractivity contribution in [1.82, 2.24) is 0 Å². The molecule has 0 saturated carbocycles. The molecule has 0 spiro atoms. The molecule has 0 aliphatic rings. The second-order valence-electron chi connectivity index (χ2n) is 7.69. The zero-order valence-corrected chi connectivity index (χ0v) is 15.6. The van der Waals surface area contributed by atoms with Gasteiger partial charge in [0, 0.05) is 12.3 Å². The highest BCUT2D eigenvalue weighted by Gasteiger charge is 2.47. The van der Waals surface area contributed by atoms with Crippen LogP contribution in [0.5, 0.6) is 0 Å². The quantitative estimate of drug-likeness (QED) is 0.694. The lowest BCUT2D eigenvalue weighted by Gasteiger charge is -2.41. The molecule has 0 fully saturated rings. The van der Waals surface area contributed by atoms with Crippen LogP contribution in [0.2, 0.25) is 0 Å². The van der Waals surface area contributed by atoms with E-state index in [2.05, 4.69) is 52.3 Å². The number of benzene rings is 2. The van der Waals surface area contributed by atoms with E-state index < -0.39 is 5.41 Å². The van der Waals surface area contributed by atoms with Crippen LogP contribution >= 0.6 is 0 Å². The molecule has 2 nitrogen and oxygen atoms in total. The van der Waals surface area contributed by atoms with Crippen molar-refractivity contribution < 1.29 is 9.28 Å². The highest BCUT2D eigenvalue weighted by molar-refractivity contribution is 5.94. The molecular formula is C22H30NO+. The molecule has 24 heavy (non-hydrogen) atoms. The molecule has 0 saturated heterocycles. The Morgan fingerprint density at radius 3 is 1.67 bits per heavy atom. The number of ketones is 1. The molecule has 0 N–H and O–H groups in total. The first-order chi connectivity index (χ1) is 11.3. The Hall–Kier alpha value is -1.93. The fourth-order valence-electron chi connectivity index (χ4n) is 3.97. The zero-order chi connectivity index (χ0) is 17.8. The Morgan fingerprint density at radius 1 is 0.917 bits per heavy atom. The molecule has 1 atom stereocenters. The van der Waals surface area contributed by atoms with Crippen LogP contribution in [-0.4, -0.2) is 38.0 Å². The third kappa shape index (κ3) is 3.59. The zero-order valence-electron chi connectivity index (χ0n) is 15.6. The summed E-state index contributed by atoms with van der Waals surface area (Å²) in [5, 5.41) is 0. The predicted molar refractivity (Wildman–Crippen MR) is 101 cm³/mol. The van der Waals surface area contributed by atoms with Crippen molar-refractivity contribution in [2.24, 2.45) is 5.92 Å². The van der Waals surface area contributed by atoms with E-state index in [1.165, 1.54) is 0 Å². The number of carbonyl (C=O) groups excluding carboxylic acids is 1. The van der Waals surface area contributed by atoms with Crippen molar-refractivity contribution in [1.29, 1.82) is 0 Å². The van der Waals surface area contributed by atoms with Gasteiger partial charge >= 0.3 is 0 Å². The lowest BCUT2D eigenvalue weighted by Crippen LogP contribution is -2.50. The lowest BCUT2D eigenvalue weighted by molar-refractivity contribution is -0.874. The Kier molecular flexibility index (Phi) is 5.61. The van der Waals surface area contributed by atoms with Gasteiger partial charge in [-0.2, -0.15) is 0 Å². The van der Waals surface area contributed by atoms with E-state index in [1.54, 1.807) is 0 Å². The largest absolute Gasteiger partial charge is 0.331 e. The summed E-state index contributed by atoms with van der Waals surface area (Å²) in [5.41, 5.74) is 1.61. The van der Waals surface area contributed by atoms with Crippen LogP contribution in [0.3, 0.4) is 0 Å². The van der Waals surface area contributed by atoms with E-state index in [-0.39, 0.29) is 5.92 Å². The van der Waals surface area contributed by atoms with E-state index in [4.69, 9.17) is 0 Å². The molecule has 2 heteroatoms. The number of rotatable bonds is 7. The molecule has 0 heterocycles. The summed E-state index contributed by atoms with van der Waals surface area (Å²) in [7, 11) is 6.56. The van der Waals surface area contributed by atoms with Gasteiger partial charge in [-0.25, -0.2) is 0 Å². The van der Waals surface area contributed by atoms with Crippen LogP contribution in [-0.2, 0) is 10.2 Å². The van der Waals surface area contributed by atoms with E-state index in [0.717, 1.165) is 22.2 Å². The number of quaternary nitrogens is 1. The average molecular weight is 324 g/mol. The van der Waals surface area contributed by atoms with E-state index in [9.17, 15) is 4.79 Å². The van der Waals surface area contributed by atoms with Gasteiger partial charge in [0.05, 0.1) is 33.1 Å². The molecule has 0 amide bonds. The Labute approximate surface area is 146 Å². The van der Waals surface area contributed by atoms with Gasteiger partial charge < -0.3 is 4.48 Å². The van der Waals surface area contributed by atoms with Crippen LogP contribution in [0.4, 0.5) is 0 Å². The predicted octanol–water partition coefficient (Wildman–Crippen LogP) is 4.29. The third-order valence-corrected chi connectivity index (χ3v) is 4.78. The van der Waals surface area contributed by atoms with E-state index >= 15 is 0 Å². The number of carbonyl (C=O) groups is 1. The van der Waals surface area contributed by atoms with Crippen LogP contribution in [0.1, 0.15) is 31.4 Å². The van der Waals surface area contributed by atoms with Gasteiger partial charge in [0.25, 0.3) is 0 Å². The SMILES string of the molecule is CCC(=O)C(c1ccccc1)(c1ccccc1)C(C)C[N+](C)(C)C. The van der Waals surface area contributed by atoms with Crippen LogP contribution in [0, 0.1) is 5.92 Å². The number of hydrogen-bond donors (Lipinski definition) is 0. The molecule has 128 valence electrons. The summed E-state index contributed by atoms with van der Waals surface area (Å²) in [5.74, 6) is 0.482. The van der Waals surface area contributed by atoms with Gasteiger partial charge in [-0.1, -0.05) is 74.5 Å². The van der Waals surface area contributed by atoms with Gasteiger partial charge in [0.2, 0.25) is 0 Å². The fraction of sp³-hybridized carbons (Fsp3) is 0.409. The van der Waals surface area contributed by atoms with Gasteiger partial charge in [-0.3, -0.25) is 4.79 Å². The molecule has 0 radical (unpaired) electrons. The van der Waals surface area contributed by atoms with Crippen molar-refractivity contribution in [3.8, 4) is 0 Å². The Morgan fingerprint density at radius 2 is 1.33 bits per heavy atom. The molecule has 1 unspecified atom stereocenters. The van der Waals surface area contributed by atoms with Gasteiger partial charge in [-0.15, -0.1) is 0 Å². The molecular weight excluding hydrogens is 294 g/mol. The topological polar surface area (TPSA) is 17.1 Å². The van der Waals surface area contributed by atoms with Gasteiger partial charge in [0.1, 0.15) is 5.78 Å². The minimum Gasteiger partial charge on any atom is -0.331 e. The Bertz CT molecular complexity index is 616. The molecule has 0 aliphatic carbocycles. The molecule has 0 aliphatic heterocycles. The second kappa shape index (κ2) is 7.31. The molecule has 2 aromatic carbocycles. The van der Waals surface area contributed by atoms with E-state index in [1.807, 2.05) is 43.3 Å². The van der Waals surface area contributed by atoms with Crippen molar-refractivity contribution >= 4 is 5.78 Å². The minimum atomic E-state index is -0.594. The lowest BCUT2D eigenvalue weighted by atomic mass is 9.63.